The molecular weight excluding hydrogens is 211 g/mol. The maximum atomic E-state index is 10.7. The Morgan fingerprint density at radius 2 is 2.08 bits per heavy atom. The van der Waals surface area contributed by atoms with Crippen LogP contribution >= 0.6 is 19.6 Å². The van der Waals surface area contributed by atoms with Gasteiger partial charge in [0, 0.05) is 18.7 Å². The lowest BCUT2D eigenvalue weighted by Gasteiger charge is -2.05. The van der Waals surface area contributed by atoms with Crippen LogP contribution in [-0.4, -0.2) is 16.7 Å². The first-order valence-corrected chi connectivity index (χ1v) is 6.20. The summed E-state index contributed by atoms with van der Waals surface area (Å²) in [7, 11) is -3.50. The molecule has 0 spiro atoms. The third kappa shape index (κ3) is 3.83. The molecule has 1 unspecified atom stereocenters. The summed E-state index contributed by atoms with van der Waals surface area (Å²) in [6.07, 6.45) is 0. The van der Waals surface area contributed by atoms with Crippen LogP contribution in [0.15, 0.2) is 29.2 Å². The van der Waals surface area contributed by atoms with Gasteiger partial charge >= 0.3 is 7.60 Å². The second kappa shape index (κ2) is 4.15. The van der Waals surface area contributed by atoms with Gasteiger partial charge in [0.25, 0.3) is 0 Å². The molecule has 0 fully saturated rings. The van der Waals surface area contributed by atoms with Crippen molar-refractivity contribution in [3.63, 3.8) is 0 Å². The lowest BCUT2D eigenvalue weighted by Crippen LogP contribution is -1.78. The number of phenols is 1. The summed E-state index contributed by atoms with van der Waals surface area (Å²) in [6.45, 7) is 1.08. The Labute approximate surface area is 80.3 Å². The Morgan fingerprint density at radius 3 is 2.62 bits per heavy atom. The van der Waals surface area contributed by atoms with Gasteiger partial charge in [-0.1, -0.05) is 12.1 Å². The van der Waals surface area contributed by atoms with Gasteiger partial charge in [-0.05, 0) is 12.1 Å². The smallest absolute Gasteiger partial charge is 0.336 e. The maximum Gasteiger partial charge on any atom is 0.336 e. The van der Waals surface area contributed by atoms with Gasteiger partial charge in [0.05, 0.1) is 4.90 Å². The molecule has 1 atom stereocenters. The van der Waals surface area contributed by atoms with Crippen molar-refractivity contribution >= 4 is 19.6 Å². The summed E-state index contributed by atoms with van der Waals surface area (Å²) in [5.74, 6) is 0.0287. The first-order chi connectivity index (χ1) is 5.99. The monoisotopic (exact) mass is 220 g/mol. The Hall–Kier alpha value is -0.480. The SMILES string of the molecule is CP(=O)(O)OSc1ccccc1O. The van der Waals surface area contributed by atoms with Gasteiger partial charge in [0.15, 0.2) is 0 Å². The Morgan fingerprint density at radius 1 is 1.46 bits per heavy atom. The van der Waals surface area contributed by atoms with Crippen LogP contribution in [-0.2, 0) is 8.54 Å². The molecule has 0 aliphatic heterocycles. The second-order valence-electron chi connectivity index (χ2n) is 2.43. The number of aromatic hydroxyl groups is 1. The van der Waals surface area contributed by atoms with Crippen molar-refractivity contribution in [2.24, 2.45) is 0 Å². The van der Waals surface area contributed by atoms with Crippen LogP contribution in [0.2, 0.25) is 0 Å². The van der Waals surface area contributed by atoms with Crippen LogP contribution in [0.1, 0.15) is 0 Å². The second-order valence-corrected chi connectivity index (χ2v) is 5.24. The minimum absolute atomic E-state index is 0.0287. The number of phenolic OH excluding ortho intramolecular Hbond substituents is 1. The fourth-order valence-corrected chi connectivity index (χ4v) is 1.80. The molecule has 0 bridgehead atoms. The van der Waals surface area contributed by atoms with E-state index in [1.807, 2.05) is 0 Å². The summed E-state index contributed by atoms with van der Waals surface area (Å²) in [4.78, 5) is 9.22. The van der Waals surface area contributed by atoms with Crippen LogP contribution in [0.5, 0.6) is 5.75 Å². The normalized spacial score (nSPS) is 15.2. The van der Waals surface area contributed by atoms with E-state index in [1.165, 1.54) is 6.07 Å². The number of rotatable bonds is 3. The summed E-state index contributed by atoms with van der Waals surface area (Å²) in [5, 5.41) is 9.24. The predicted molar refractivity (Wildman–Crippen MR) is 50.8 cm³/mol. The Balaban J connectivity index is 2.65. The Bertz CT molecular complexity index is 335. The molecule has 0 aromatic heterocycles. The van der Waals surface area contributed by atoms with Gasteiger partial charge in [0.1, 0.15) is 5.75 Å². The molecular formula is C7H9O4PS. The zero-order chi connectivity index (χ0) is 9.90. The van der Waals surface area contributed by atoms with Crippen LogP contribution in [0.3, 0.4) is 0 Å². The predicted octanol–water partition coefficient (Wildman–Crippen LogP) is 2.23. The topological polar surface area (TPSA) is 66.8 Å². The van der Waals surface area contributed by atoms with E-state index < -0.39 is 7.60 Å². The summed E-state index contributed by atoms with van der Waals surface area (Å²) in [5.41, 5.74) is 0. The molecule has 0 radical (unpaired) electrons. The highest BCUT2D eigenvalue weighted by Gasteiger charge is 2.12. The molecule has 2 N–H and O–H groups in total. The van der Waals surface area contributed by atoms with E-state index in [1.54, 1.807) is 18.2 Å². The summed E-state index contributed by atoms with van der Waals surface area (Å²) >= 11 is 0.691. The molecule has 1 rings (SSSR count). The first-order valence-electron chi connectivity index (χ1n) is 3.43. The maximum absolute atomic E-state index is 10.7. The average molecular weight is 220 g/mol. The molecule has 1 aromatic carbocycles. The average Bonchev–Trinajstić information content (AvgIpc) is 2.01. The largest absolute Gasteiger partial charge is 0.507 e. The molecule has 0 heterocycles. The van der Waals surface area contributed by atoms with E-state index in [-0.39, 0.29) is 5.75 Å². The molecule has 0 aliphatic carbocycles. The van der Waals surface area contributed by atoms with Gasteiger partial charge in [-0.2, -0.15) is 0 Å². The van der Waals surface area contributed by atoms with Crippen molar-refractivity contribution in [2.75, 3.05) is 6.66 Å². The summed E-state index contributed by atoms with van der Waals surface area (Å²) in [6, 6.07) is 6.42. The fraction of sp³-hybridized carbons (Fsp3) is 0.143. The highest BCUT2D eigenvalue weighted by Crippen LogP contribution is 2.45. The standard InChI is InChI=1S/C7H9O4PS/c1-12(9,10)11-13-7-5-3-2-4-6(7)8/h2-5,8H,1H3,(H,9,10). The van der Waals surface area contributed by atoms with Crippen molar-refractivity contribution in [3.05, 3.63) is 24.3 Å². The van der Waals surface area contributed by atoms with Gasteiger partial charge < -0.3 is 10.00 Å². The van der Waals surface area contributed by atoms with E-state index in [2.05, 4.69) is 3.97 Å². The quantitative estimate of drug-likeness (QED) is 0.604. The lowest BCUT2D eigenvalue weighted by atomic mass is 10.3. The minimum Gasteiger partial charge on any atom is -0.507 e. The van der Waals surface area contributed by atoms with Crippen LogP contribution in [0, 0.1) is 0 Å². The van der Waals surface area contributed by atoms with Crippen molar-refractivity contribution in [3.8, 4) is 5.75 Å². The molecule has 0 saturated heterocycles. The molecule has 72 valence electrons. The molecule has 0 aliphatic rings. The van der Waals surface area contributed by atoms with E-state index in [9.17, 15) is 9.67 Å². The minimum atomic E-state index is -3.50. The zero-order valence-electron chi connectivity index (χ0n) is 6.88. The van der Waals surface area contributed by atoms with Crippen molar-refractivity contribution in [1.29, 1.82) is 0 Å². The molecule has 0 amide bonds. The van der Waals surface area contributed by atoms with Crippen molar-refractivity contribution in [1.82, 2.24) is 0 Å². The number of para-hydroxylation sites is 1. The molecule has 6 heteroatoms. The fourth-order valence-electron chi connectivity index (χ4n) is 0.637. The van der Waals surface area contributed by atoms with Gasteiger partial charge in [-0.3, -0.25) is 4.57 Å². The number of hydrogen-bond donors (Lipinski definition) is 2. The van der Waals surface area contributed by atoms with E-state index in [0.29, 0.717) is 16.9 Å². The highest BCUT2D eigenvalue weighted by molar-refractivity contribution is 7.98. The van der Waals surface area contributed by atoms with Crippen molar-refractivity contribution in [2.45, 2.75) is 4.90 Å². The number of hydrogen-bond acceptors (Lipinski definition) is 4. The van der Waals surface area contributed by atoms with Crippen LogP contribution in [0.25, 0.3) is 0 Å². The first kappa shape index (κ1) is 10.6. The number of benzene rings is 1. The van der Waals surface area contributed by atoms with E-state index in [4.69, 9.17) is 4.89 Å². The van der Waals surface area contributed by atoms with E-state index >= 15 is 0 Å². The Kier molecular flexibility index (Phi) is 3.39. The van der Waals surface area contributed by atoms with Gasteiger partial charge in [0.2, 0.25) is 0 Å². The highest BCUT2D eigenvalue weighted by atomic mass is 32.2. The van der Waals surface area contributed by atoms with Crippen LogP contribution in [0.4, 0.5) is 0 Å². The third-order valence-corrected chi connectivity index (χ3v) is 3.06. The molecule has 0 saturated carbocycles. The molecule has 1 aromatic rings. The van der Waals surface area contributed by atoms with Crippen LogP contribution < -0.4 is 0 Å². The zero-order valence-corrected chi connectivity index (χ0v) is 8.59. The third-order valence-electron chi connectivity index (χ3n) is 1.13. The van der Waals surface area contributed by atoms with Gasteiger partial charge in [-0.15, -0.1) is 0 Å². The van der Waals surface area contributed by atoms with Gasteiger partial charge in [-0.25, -0.2) is 3.97 Å². The van der Waals surface area contributed by atoms with Crippen molar-refractivity contribution < 1.29 is 18.5 Å². The molecule has 13 heavy (non-hydrogen) atoms. The lowest BCUT2D eigenvalue weighted by molar-refractivity contribution is 0.408. The summed E-state index contributed by atoms with van der Waals surface area (Å²) < 4.78 is 15.3. The van der Waals surface area contributed by atoms with E-state index in [0.717, 1.165) is 6.66 Å². The molecule has 4 nitrogen and oxygen atoms in total.